The van der Waals surface area contributed by atoms with Gasteiger partial charge in [-0.05, 0) is 19.3 Å². The second kappa shape index (κ2) is 5.30. The first kappa shape index (κ1) is 13.0. The first-order chi connectivity index (χ1) is 7.53. The first-order valence-electron chi connectivity index (χ1n) is 5.71. The van der Waals surface area contributed by atoms with Gasteiger partial charge in [-0.1, -0.05) is 19.8 Å². The van der Waals surface area contributed by atoms with E-state index in [4.69, 9.17) is 5.73 Å². The number of esters is 1. The highest BCUT2D eigenvalue weighted by molar-refractivity contribution is 5.90. The fourth-order valence-corrected chi connectivity index (χ4v) is 2.00. The lowest BCUT2D eigenvalue weighted by Gasteiger charge is -2.25. The van der Waals surface area contributed by atoms with Crippen molar-refractivity contribution in [1.82, 2.24) is 5.32 Å². The number of carbonyl (C=O) groups excluding carboxylic acids is 2. The molecule has 0 aromatic rings. The number of hydrogen-bond donors (Lipinski definition) is 2. The van der Waals surface area contributed by atoms with E-state index in [-0.39, 0.29) is 5.91 Å². The molecule has 0 aromatic heterocycles. The van der Waals surface area contributed by atoms with Gasteiger partial charge in [-0.15, -0.1) is 0 Å². The van der Waals surface area contributed by atoms with Gasteiger partial charge in [-0.25, -0.2) is 4.79 Å². The van der Waals surface area contributed by atoms with E-state index in [0.717, 1.165) is 12.8 Å². The number of nitrogens with two attached hydrogens (primary N) is 1. The van der Waals surface area contributed by atoms with E-state index in [9.17, 15) is 9.59 Å². The summed E-state index contributed by atoms with van der Waals surface area (Å²) in [5, 5.41) is 2.66. The van der Waals surface area contributed by atoms with Crippen LogP contribution in [-0.4, -0.2) is 30.6 Å². The van der Waals surface area contributed by atoms with E-state index in [1.54, 1.807) is 0 Å². The summed E-state index contributed by atoms with van der Waals surface area (Å²) >= 11 is 0. The summed E-state index contributed by atoms with van der Waals surface area (Å²) in [6.07, 6.45) is 3.83. The number of nitrogens with one attached hydrogen (secondary N) is 1. The van der Waals surface area contributed by atoms with Gasteiger partial charge in [0.2, 0.25) is 5.91 Å². The van der Waals surface area contributed by atoms with E-state index in [1.165, 1.54) is 7.11 Å². The molecule has 1 fully saturated rings. The predicted molar refractivity (Wildman–Crippen MR) is 59.6 cm³/mol. The highest BCUT2D eigenvalue weighted by atomic mass is 16.5. The van der Waals surface area contributed by atoms with Crippen molar-refractivity contribution in [3.8, 4) is 0 Å². The van der Waals surface area contributed by atoms with Crippen molar-refractivity contribution in [2.24, 2.45) is 5.73 Å². The molecule has 1 aliphatic rings. The summed E-state index contributed by atoms with van der Waals surface area (Å²) in [7, 11) is 1.31. The van der Waals surface area contributed by atoms with Crippen LogP contribution in [-0.2, 0) is 14.3 Å². The molecule has 3 N–H and O–H groups in total. The summed E-state index contributed by atoms with van der Waals surface area (Å²) in [6, 6.07) is -0.585. The molecule has 0 spiro atoms. The Balaban J connectivity index is 2.58. The molecule has 0 saturated heterocycles. The lowest BCUT2D eigenvalue weighted by atomic mass is 9.97. The van der Waals surface area contributed by atoms with Gasteiger partial charge in [0.25, 0.3) is 0 Å². The third-order valence-electron chi connectivity index (χ3n) is 3.15. The van der Waals surface area contributed by atoms with Crippen molar-refractivity contribution in [1.29, 1.82) is 0 Å². The minimum absolute atomic E-state index is 0.234. The van der Waals surface area contributed by atoms with Crippen LogP contribution < -0.4 is 11.1 Å². The van der Waals surface area contributed by atoms with Gasteiger partial charge >= 0.3 is 5.97 Å². The molecule has 0 aromatic carbocycles. The average Bonchev–Trinajstić information content (AvgIpc) is 2.73. The summed E-state index contributed by atoms with van der Waals surface area (Å²) in [6.45, 7) is 1.82. The average molecular weight is 228 g/mol. The van der Waals surface area contributed by atoms with Gasteiger partial charge in [-0.2, -0.15) is 0 Å². The Bertz CT molecular complexity index is 272. The molecule has 1 saturated carbocycles. The topological polar surface area (TPSA) is 81.4 Å². The molecule has 0 aliphatic heterocycles. The molecule has 1 atom stereocenters. The largest absolute Gasteiger partial charge is 0.467 e. The molecule has 0 heterocycles. The molecular formula is C11H20N2O3. The lowest BCUT2D eigenvalue weighted by Crippen LogP contribution is -2.56. The number of methoxy groups -OCH3 is 1. The molecule has 1 amide bonds. The minimum Gasteiger partial charge on any atom is -0.467 e. The van der Waals surface area contributed by atoms with Crippen LogP contribution in [0.15, 0.2) is 0 Å². The normalized spacial score (nSPS) is 20.2. The molecular weight excluding hydrogens is 208 g/mol. The Kier molecular flexibility index (Phi) is 4.29. The summed E-state index contributed by atoms with van der Waals surface area (Å²) in [4.78, 5) is 23.2. The number of ether oxygens (including phenoxy) is 1. The fourth-order valence-electron chi connectivity index (χ4n) is 2.00. The number of hydrogen-bond acceptors (Lipinski definition) is 4. The van der Waals surface area contributed by atoms with E-state index < -0.39 is 17.6 Å². The standard InChI is InChI=1S/C11H20N2O3/c1-3-8(9(14)16-2)13-10(15)11(12)6-4-5-7-11/h8H,3-7,12H2,1-2H3,(H,13,15). The van der Waals surface area contributed by atoms with E-state index >= 15 is 0 Å². The zero-order valence-corrected chi connectivity index (χ0v) is 9.91. The molecule has 5 heteroatoms. The van der Waals surface area contributed by atoms with Crippen molar-refractivity contribution in [3.05, 3.63) is 0 Å². The van der Waals surface area contributed by atoms with Crippen LogP contribution in [0.25, 0.3) is 0 Å². The van der Waals surface area contributed by atoms with Crippen LogP contribution in [0.1, 0.15) is 39.0 Å². The molecule has 0 radical (unpaired) electrons. The van der Waals surface area contributed by atoms with Crippen molar-refractivity contribution in [2.75, 3.05) is 7.11 Å². The van der Waals surface area contributed by atoms with Crippen molar-refractivity contribution in [2.45, 2.75) is 50.6 Å². The smallest absolute Gasteiger partial charge is 0.328 e. The van der Waals surface area contributed by atoms with Crippen LogP contribution in [0, 0.1) is 0 Å². The van der Waals surface area contributed by atoms with Crippen LogP contribution in [0.3, 0.4) is 0 Å². The minimum atomic E-state index is -0.790. The predicted octanol–water partition coefficient (Wildman–Crippen LogP) is 0.326. The Morgan fingerprint density at radius 1 is 1.44 bits per heavy atom. The summed E-state index contributed by atoms with van der Waals surface area (Å²) < 4.78 is 4.61. The Labute approximate surface area is 95.7 Å². The van der Waals surface area contributed by atoms with E-state index in [2.05, 4.69) is 10.1 Å². The highest BCUT2D eigenvalue weighted by Crippen LogP contribution is 2.27. The molecule has 5 nitrogen and oxygen atoms in total. The molecule has 1 unspecified atom stereocenters. The summed E-state index contributed by atoms with van der Waals surface area (Å²) in [5.41, 5.74) is 5.19. The zero-order chi connectivity index (χ0) is 12.2. The van der Waals surface area contributed by atoms with Crippen LogP contribution >= 0.6 is 0 Å². The highest BCUT2D eigenvalue weighted by Gasteiger charge is 2.38. The van der Waals surface area contributed by atoms with Gasteiger partial charge < -0.3 is 15.8 Å². The number of amides is 1. The molecule has 0 bridgehead atoms. The van der Waals surface area contributed by atoms with Crippen LogP contribution in [0.4, 0.5) is 0 Å². The van der Waals surface area contributed by atoms with Crippen molar-refractivity contribution in [3.63, 3.8) is 0 Å². The quantitative estimate of drug-likeness (QED) is 0.679. The second-order valence-electron chi connectivity index (χ2n) is 4.32. The van der Waals surface area contributed by atoms with Crippen LogP contribution in [0.2, 0.25) is 0 Å². The van der Waals surface area contributed by atoms with Crippen molar-refractivity contribution < 1.29 is 14.3 Å². The fraction of sp³-hybridized carbons (Fsp3) is 0.818. The maximum absolute atomic E-state index is 11.9. The number of rotatable bonds is 4. The molecule has 92 valence electrons. The maximum atomic E-state index is 11.9. The Hall–Kier alpha value is -1.10. The van der Waals surface area contributed by atoms with Crippen molar-refractivity contribution >= 4 is 11.9 Å². The Morgan fingerprint density at radius 3 is 2.44 bits per heavy atom. The molecule has 1 aliphatic carbocycles. The van der Waals surface area contributed by atoms with Gasteiger partial charge in [-0.3, -0.25) is 4.79 Å². The zero-order valence-electron chi connectivity index (χ0n) is 9.91. The first-order valence-corrected chi connectivity index (χ1v) is 5.71. The van der Waals surface area contributed by atoms with Gasteiger partial charge in [0.15, 0.2) is 0 Å². The molecule has 16 heavy (non-hydrogen) atoms. The van der Waals surface area contributed by atoms with Gasteiger partial charge in [0, 0.05) is 0 Å². The third kappa shape index (κ3) is 2.72. The second-order valence-corrected chi connectivity index (χ2v) is 4.32. The van der Waals surface area contributed by atoms with Gasteiger partial charge in [0.1, 0.15) is 6.04 Å². The summed E-state index contributed by atoms with van der Waals surface area (Å²) in [5.74, 6) is -0.653. The number of carbonyl (C=O) groups is 2. The lowest BCUT2D eigenvalue weighted by molar-refractivity contribution is -0.145. The van der Waals surface area contributed by atoms with E-state index in [0.29, 0.717) is 19.3 Å². The monoisotopic (exact) mass is 228 g/mol. The third-order valence-corrected chi connectivity index (χ3v) is 3.15. The van der Waals surface area contributed by atoms with E-state index in [1.807, 2.05) is 6.92 Å². The maximum Gasteiger partial charge on any atom is 0.328 e. The van der Waals surface area contributed by atoms with Crippen LogP contribution in [0.5, 0.6) is 0 Å². The molecule has 1 rings (SSSR count). The van der Waals surface area contributed by atoms with Gasteiger partial charge in [0.05, 0.1) is 12.6 Å². The SMILES string of the molecule is CCC(NC(=O)C1(N)CCCC1)C(=O)OC. The Morgan fingerprint density at radius 2 is 2.00 bits per heavy atom.